The van der Waals surface area contributed by atoms with E-state index in [0.29, 0.717) is 22.6 Å². The largest absolute Gasteiger partial charge is 0.319 e. The van der Waals surface area contributed by atoms with Crippen LogP contribution < -0.4 is 5.32 Å². The van der Waals surface area contributed by atoms with Crippen molar-refractivity contribution in [2.45, 2.75) is 20.4 Å². The molecule has 0 saturated carbocycles. The van der Waals surface area contributed by atoms with Gasteiger partial charge >= 0.3 is 0 Å². The van der Waals surface area contributed by atoms with Crippen molar-refractivity contribution in [2.24, 2.45) is 0 Å². The number of benzene rings is 2. The first-order chi connectivity index (χ1) is 12.8. The molecule has 27 heavy (non-hydrogen) atoms. The van der Waals surface area contributed by atoms with Gasteiger partial charge in [0.25, 0.3) is 5.91 Å². The third-order valence-corrected chi connectivity index (χ3v) is 4.50. The smallest absolute Gasteiger partial charge is 0.258 e. The lowest BCUT2D eigenvalue weighted by molar-refractivity contribution is 0.102. The van der Waals surface area contributed by atoms with Gasteiger partial charge in [-0.3, -0.25) is 9.48 Å². The number of hydrogen-bond donors (Lipinski definition) is 1. The molecule has 0 aliphatic rings. The first-order valence-electron chi connectivity index (χ1n) is 8.01. The van der Waals surface area contributed by atoms with Crippen LogP contribution in [0.3, 0.4) is 0 Å². The van der Waals surface area contributed by atoms with E-state index in [1.807, 2.05) is 0 Å². The van der Waals surface area contributed by atoms with E-state index in [0.717, 1.165) is 6.07 Å². The van der Waals surface area contributed by atoms with Gasteiger partial charge in [-0.25, -0.2) is 13.2 Å². The van der Waals surface area contributed by atoms with Crippen molar-refractivity contribution < 1.29 is 18.0 Å². The van der Waals surface area contributed by atoms with Gasteiger partial charge in [-0.1, -0.05) is 23.7 Å². The zero-order valence-corrected chi connectivity index (χ0v) is 15.2. The van der Waals surface area contributed by atoms with Crippen molar-refractivity contribution in [3.05, 3.63) is 81.4 Å². The van der Waals surface area contributed by atoms with Crippen LogP contribution in [0.1, 0.15) is 27.3 Å². The van der Waals surface area contributed by atoms with Gasteiger partial charge in [0.2, 0.25) is 0 Å². The number of halogens is 4. The average molecular weight is 394 g/mol. The highest BCUT2D eigenvalue weighted by Crippen LogP contribution is 2.24. The molecule has 0 aliphatic carbocycles. The molecule has 0 radical (unpaired) electrons. The summed E-state index contributed by atoms with van der Waals surface area (Å²) in [6.07, 6.45) is 0. The molecular weight excluding hydrogens is 379 g/mol. The van der Waals surface area contributed by atoms with E-state index in [4.69, 9.17) is 11.6 Å². The lowest BCUT2D eigenvalue weighted by atomic mass is 10.2. The second-order valence-electron chi connectivity index (χ2n) is 5.99. The van der Waals surface area contributed by atoms with Gasteiger partial charge in [0.15, 0.2) is 11.6 Å². The fraction of sp³-hybridized carbons (Fsp3) is 0.158. The molecular formula is C19H15ClF3N3O. The summed E-state index contributed by atoms with van der Waals surface area (Å²) < 4.78 is 41.9. The number of aryl methyl sites for hydroxylation is 1. The summed E-state index contributed by atoms with van der Waals surface area (Å²) in [5.74, 6) is -3.53. The minimum Gasteiger partial charge on any atom is -0.319 e. The van der Waals surface area contributed by atoms with E-state index < -0.39 is 28.9 Å². The molecule has 3 rings (SSSR count). The van der Waals surface area contributed by atoms with Crippen LogP contribution in [0.5, 0.6) is 0 Å². The first-order valence-corrected chi connectivity index (χ1v) is 8.39. The van der Waals surface area contributed by atoms with E-state index in [1.54, 1.807) is 24.6 Å². The Morgan fingerprint density at radius 1 is 1.19 bits per heavy atom. The van der Waals surface area contributed by atoms with Gasteiger partial charge in [-0.05, 0) is 43.7 Å². The molecule has 1 aromatic heterocycles. The number of nitrogens with zero attached hydrogens (tertiary/aromatic N) is 2. The number of carbonyl (C=O) groups excluding carboxylic acids is 1. The van der Waals surface area contributed by atoms with Crippen LogP contribution in [0.25, 0.3) is 0 Å². The lowest BCUT2D eigenvalue weighted by Gasteiger charge is -2.09. The van der Waals surface area contributed by atoms with Gasteiger partial charge in [-0.2, -0.15) is 5.10 Å². The average Bonchev–Trinajstić information content (AvgIpc) is 2.87. The number of amides is 1. The van der Waals surface area contributed by atoms with Crippen molar-refractivity contribution in [3.8, 4) is 0 Å². The zero-order chi connectivity index (χ0) is 19.7. The van der Waals surface area contributed by atoms with Crippen molar-refractivity contribution in [2.75, 3.05) is 5.32 Å². The predicted octanol–water partition coefficient (Wildman–Crippen LogP) is 4.87. The second-order valence-corrected chi connectivity index (χ2v) is 6.40. The van der Waals surface area contributed by atoms with E-state index >= 15 is 0 Å². The molecule has 0 saturated heterocycles. The number of carbonyl (C=O) groups is 1. The molecule has 0 fully saturated rings. The van der Waals surface area contributed by atoms with Gasteiger partial charge < -0.3 is 5.32 Å². The third-order valence-electron chi connectivity index (χ3n) is 4.15. The van der Waals surface area contributed by atoms with Crippen LogP contribution in [-0.2, 0) is 6.54 Å². The summed E-state index contributed by atoms with van der Waals surface area (Å²) >= 11 is 6.05. The Kier molecular flexibility index (Phi) is 5.23. The lowest BCUT2D eigenvalue weighted by Crippen LogP contribution is -2.15. The van der Waals surface area contributed by atoms with Gasteiger partial charge in [0, 0.05) is 5.02 Å². The van der Waals surface area contributed by atoms with Crippen LogP contribution >= 0.6 is 11.6 Å². The maximum absolute atomic E-state index is 13.8. The van der Waals surface area contributed by atoms with E-state index in [1.165, 1.54) is 24.3 Å². The Morgan fingerprint density at radius 3 is 2.63 bits per heavy atom. The summed E-state index contributed by atoms with van der Waals surface area (Å²) in [5, 5.41) is 7.17. The zero-order valence-electron chi connectivity index (χ0n) is 14.5. The molecule has 0 unspecified atom stereocenters. The van der Waals surface area contributed by atoms with E-state index in [-0.39, 0.29) is 11.6 Å². The van der Waals surface area contributed by atoms with Crippen molar-refractivity contribution in [3.63, 3.8) is 0 Å². The van der Waals surface area contributed by atoms with E-state index in [9.17, 15) is 18.0 Å². The Hall–Kier alpha value is -2.80. The molecule has 3 aromatic rings. The van der Waals surface area contributed by atoms with Gasteiger partial charge in [0.05, 0.1) is 29.2 Å². The predicted molar refractivity (Wildman–Crippen MR) is 96.5 cm³/mol. The molecule has 1 N–H and O–H groups in total. The topological polar surface area (TPSA) is 46.9 Å². The van der Waals surface area contributed by atoms with Gasteiger partial charge in [0.1, 0.15) is 5.82 Å². The Labute approximate surface area is 158 Å². The molecule has 2 aromatic carbocycles. The first kappa shape index (κ1) is 19.0. The number of rotatable bonds is 4. The standard InChI is InChI=1S/C19H15ClF3N3O/c1-10-18(24-19(27)14-4-3-5-16(22)17(14)23)11(2)26(25-10)9-12-6-7-13(21)8-15(12)20/h3-8H,9H2,1-2H3,(H,24,27). The van der Waals surface area contributed by atoms with Crippen molar-refractivity contribution in [1.29, 1.82) is 0 Å². The summed E-state index contributed by atoms with van der Waals surface area (Å²) in [6, 6.07) is 7.44. The molecule has 0 bridgehead atoms. The number of anilines is 1. The van der Waals surface area contributed by atoms with Crippen LogP contribution in [-0.4, -0.2) is 15.7 Å². The molecule has 8 heteroatoms. The quantitative estimate of drug-likeness (QED) is 0.687. The third kappa shape index (κ3) is 3.83. The Bertz CT molecular complexity index is 1030. The van der Waals surface area contributed by atoms with Crippen LogP contribution in [0.4, 0.5) is 18.9 Å². The molecule has 140 valence electrons. The minimum absolute atomic E-state index is 0.259. The summed E-state index contributed by atoms with van der Waals surface area (Å²) in [7, 11) is 0. The number of hydrogen-bond acceptors (Lipinski definition) is 2. The summed E-state index contributed by atoms with van der Waals surface area (Å²) in [6.45, 7) is 3.65. The fourth-order valence-electron chi connectivity index (χ4n) is 2.70. The van der Waals surface area contributed by atoms with Crippen LogP contribution in [0.2, 0.25) is 5.02 Å². The molecule has 1 heterocycles. The molecule has 0 spiro atoms. The normalized spacial score (nSPS) is 10.9. The summed E-state index contributed by atoms with van der Waals surface area (Å²) in [5.41, 5.74) is 1.73. The van der Waals surface area contributed by atoms with Gasteiger partial charge in [-0.15, -0.1) is 0 Å². The number of aromatic nitrogens is 2. The van der Waals surface area contributed by atoms with Crippen LogP contribution in [0.15, 0.2) is 36.4 Å². The summed E-state index contributed by atoms with van der Waals surface area (Å²) in [4.78, 5) is 12.3. The minimum atomic E-state index is -1.21. The molecule has 0 atom stereocenters. The molecule has 4 nitrogen and oxygen atoms in total. The highest BCUT2D eigenvalue weighted by molar-refractivity contribution is 6.31. The van der Waals surface area contributed by atoms with E-state index in [2.05, 4.69) is 10.4 Å². The highest BCUT2D eigenvalue weighted by Gasteiger charge is 2.19. The molecule has 0 aliphatic heterocycles. The highest BCUT2D eigenvalue weighted by atomic mass is 35.5. The fourth-order valence-corrected chi connectivity index (χ4v) is 2.93. The maximum Gasteiger partial charge on any atom is 0.258 e. The van der Waals surface area contributed by atoms with Crippen LogP contribution in [0, 0.1) is 31.3 Å². The van der Waals surface area contributed by atoms with Crippen molar-refractivity contribution in [1.82, 2.24) is 9.78 Å². The number of nitrogens with one attached hydrogen (secondary N) is 1. The maximum atomic E-state index is 13.8. The monoisotopic (exact) mass is 393 g/mol. The van der Waals surface area contributed by atoms with Crippen molar-refractivity contribution >= 4 is 23.2 Å². The second kappa shape index (κ2) is 7.44. The Balaban J connectivity index is 1.87. The molecule has 1 amide bonds. The Morgan fingerprint density at radius 2 is 1.93 bits per heavy atom. The SMILES string of the molecule is Cc1nn(Cc2ccc(F)cc2Cl)c(C)c1NC(=O)c1cccc(F)c1F.